The minimum atomic E-state index is -0.540. The quantitative estimate of drug-likeness (QED) is 0.614. The van der Waals surface area contributed by atoms with E-state index in [1.165, 1.54) is 34.4 Å². The molecule has 1 aromatic carbocycles. The number of nitrogens with one attached hydrogen (secondary N) is 1. The van der Waals surface area contributed by atoms with Gasteiger partial charge in [-0.15, -0.1) is 0 Å². The van der Waals surface area contributed by atoms with Crippen molar-refractivity contribution in [2.24, 2.45) is 0 Å². The summed E-state index contributed by atoms with van der Waals surface area (Å²) >= 11 is 0. The summed E-state index contributed by atoms with van der Waals surface area (Å²) < 4.78 is 1.29. The third-order valence-corrected chi connectivity index (χ3v) is 3.13. The van der Waals surface area contributed by atoms with Crippen molar-refractivity contribution in [2.75, 3.05) is 27.2 Å². The van der Waals surface area contributed by atoms with E-state index in [9.17, 15) is 14.9 Å². The number of aromatic nitrogens is 3. The molecule has 0 aliphatic heterocycles. The Morgan fingerprint density at radius 2 is 2.27 bits per heavy atom. The summed E-state index contributed by atoms with van der Waals surface area (Å²) in [6, 6.07) is 4.30. The van der Waals surface area contributed by atoms with Gasteiger partial charge >= 0.3 is 0 Å². The van der Waals surface area contributed by atoms with Crippen molar-refractivity contribution in [1.29, 1.82) is 0 Å². The van der Waals surface area contributed by atoms with E-state index in [0.717, 1.165) is 0 Å². The number of amides is 1. The van der Waals surface area contributed by atoms with Gasteiger partial charge < -0.3 is 10.2 Å². The first-order valence-corrected chi connectivity index (χ1v) is 6.58. The van der Waals surface area contributed by atoms with Crippen LogP contribution in [0.25, 0.3) is 5.69 Å². The molecule has 9 nitrogen and oxygen atoms in total. The number of hydrogen-bond acceptors (Lipinski definition) is 6. The van der Waals surface area contributed by atoms with Crippen molar-refractivity contribution >= 4 is 11.6 Å². The van der Waals surface area contributed by atoms with Crippen LogP contribution >= 0.6 is 0 Å². The predicted octanol–water partition coefficient (Wildman–Crippen LogP) is 0.467. The summed E-state index contributed by atoms with van der Waals surface area (Å²) in [5.41, 5.74) is 0.324. The molecule has 2 rings (SSSR count). The molecule has 0 spiro atoms. The fourth-order valence-electron chi connectivity index (χ4n) is 1.93. The van der Waals surface area contributed by atoms with Crippen LogP contribution in [0.1, 0.15) is 10.4 Å². The maximum Gasteiger partial charge on any atom is 0.295 e. The zero-order chi connectivity index (χ0) is 16.1. The molecule has 9 heteroatoms. The molecular formula is C13H16N6O3. The van der Waals surface area contributed by atoms with Crippen molar-refractivity contribution in [3.63, 3.8) is 0 Å². The molecule has 1 amide bonds. The van der Waals surface area contributed by atoms with Gasteiger partial charge in [-0.3, -0.25) is 14.9 Å². The third-order valence-electron chi connectivity index (χ3n) is 3.13. The van der Waals surface area contributed by atoms with Crippen LogP contribution < -0.4 is 5.32 Å². The summed E-state index contributed by atoms with van der Waals surface area (Å²) in [5, 5.41) is 18.1. The first-order valence-electron chi connectivity index (χ1n) is 6.58. The van der Waals surface area contributed by atoms with E-state index in [-0.39, 0.29) is 22.8 Å². The molecule has 0 bridgehead atoms. The number of carbonyl (C=O) groups excluding carboxylic acids is 1. The van der Waals surface area contributed by atoms with Gasteiger partial charge in [0.05, 0.1) is 4.92 Å². The second-order valence-corrected chi connectivity index (χ2v) is 4.63. The minimum Gasteiger partial charge on any atom is -0.340 e. The lowest BCUT2D eigenvalue weighted by Gasteiger charge is -2.17. The fourth-order valence-corrected chi connectivity index (χ4v) is 1.93. The number of nitro benzene ring substituents is 1. The largest absolute Gasteiger partial charge is 0.340 e. The Balaban J connectivity index is 2.34. The Bertz CT molecular complexity index is 670. The summed E-state index contributed by atoms with van der Waals surface area (Å²) in [7, 11) is 3.44. The lowest BCUT2D eigenvalue weighted by Crippen LogP contribution is -2.32. The van der Waals surface area contributed by atoms with Gasteiger partial charge in [-0.25, -0.2) is 9.67 Å². The van der Waals surface area contributed by atoms with E-state index in [4.69, 9.17) is 0 Å². The summed E-state index contributed by atoms with van der Waals surface area (Å²) in [5.74, 6) is -0.275. The molecule has 0 aliphatic rings. The molecule has 1 aromatic heterocycles. The van der Waals surface area contributed by atoms with E-state index < -0.39 is 4.92 Å². The highest BCUT2D eigenvalue weighted by Crippen LogP contribution is 2.24. The highest BCUT2D eigenvalue weighted by atomic mass is 16.6. The molecule has 1 N–H and O–H groups in total. The number of carbonyl (C=O) groups is 1. The lowest BCUT2D eigenvalue weighted by molar-refractivity contribution is -0.384. The van der Waals surface area contributed by atoms with Crippen molar-refractivity contribution < 1.29 is 9.72 Å². The van der Waals surface area contributed by atoms with Crippen molar-refractivity contribution in [2.45, 2.75) is 0 Å². The van der Waals surface area contributed by atoms with Crippen molar-refractivity contribution in [3.05, 3.63) is 46.5 Å². The second-order valence-electron chi connectivity index (χ2n) is 4.63. The Hall–Kier alpha value is -2.81. The minimum absolute atomic E-state index is 0.196. The number of likely N-dealkylation sites (N-methyl/N-ethyl adjacent to an activating group) is 2. The second kappa shape index (κ2) is 6.76. The highest BCUT2D eigenvalue weighted by Gasteiger charge is 2.20. The fraction of sp³-hybridized carbons (Fsp3) is 0.308. The van der Waals surface area contributed by atoms with E-state index in [0.29, 0.717) is 13.1 Å². The first kappa shape index (κ1) is 15.6. The molecule has 22 heavy (non-hydrogen) atoms. The molecule has 1 heterocycles. The van der Waals surface area contributed by atoms with E-state index in [2.05, 4.69) is 15.4 Å². The molecule has 0 atom stereocenters. The number of benzene rings is 1. The molecule has 0 radical (unpaired) electrons. The van der Waals surface area contributed by atoms with E-state index in [1.807, 2.05) is 0 Å². The molecule has 0 fully saturated rings. The van der Waals surface area contributed by atoms with Gasteiger partial charge in [0.2, 0.25) is 0 Å². The molecule has 2 aromatic rings. The summed E-state index contributed by atoms with van der Waals surface area (Å²) in [6.45, 7) is 1.15. The predicted molar refractivity (Wildman–Crippen MR) is 78.9 cm³/mol. The van der Waals surface area contributed by atoms with Crippen LogP contribution in [-0.4, -0.2) is 57.7 Å². The molecular weight excluding hydrogens is 288 g/mol. The van der Waals surface area contributed by atoms with Gasteiger partial charge in [-0.05, 0) is 19.2 Å². The topological polar surface area (TPSA) is 106 Å². The SMILES string of the molecule is CNCCN(C)C(=O)c1ccc(-n2cncn2)c([N+](=O)[O-])c1. The zero-order valence-corrected chi connectivity index (χ0v) is 12.3. The van der Waals surface area contributed by atoms with Gasteiger partial charge in [0.25, 0.3) is 11.6 Å². The monoisotopic (exact) mass is 304 g/mol. The molecule has 0 saturated heterocycles. The molecule has 0 aliphatic carbocycles. The maximum absolute atomic E-state index is 12.3. The lowest BCUT2D eigenvalue weighted by atomic mass is 10.1. The number of nitro groups is 1. The van der Waals surface area contributed by atoms with Gasteiger partial charge in [0.15, 0.2) is 0 Å². The van der Waals surface area contributed by atoms with Crippen LogP contribution in [0.2, 0.25) is 0 Å². The Morgan fingerprint density at radius 3 is 2.86 bits per heavy atom. The molecule has 116 valence electrons. The van der Waals surface area contributed by atoms with Crippen LogP contribution in [0, 0.1) is 10.1 Å². The number of hydrogen-bond donors (Lipinski definition) is 1. The Morgan fingerprint density at radius 1 is 1.50 bits per heavy atom. The summed E-state index contributed by atoms with van der Waals surface area (Å²) in [6.07, 6.45) is 2.65. The normalized spacial score (nSPS) is 10.5. The van der Waals surface area contributed by atoms with Crippen LogP contribution in [-0.2, 0) is 0 Å². The Labute approximate surface area is 126 Å². The van der Waals surface area contributed by atoms with E-state index in [1.54, 1.807) is 20.2 Å². The van der Waals surface area contributed by atoms with Crippen LogP contribution in [0.5, 0.6) is 0 Å². The van der Waals surface area contributed by atoms with Crippen LogP contribution in [0.4, 0.5) is 5.69 Å². The van der Waals surface area contributed by atoms with E-state index >= 15 is 0 Å². The van der Waals surface area contributed by atoms with Crippen LogP contribution in [0.15, 0.2) is 30.9 Å². The van der Waals surface area contributed by atoms with Crippen molar-refractivity contribution in [1.82, 2.24) is 25.0 Å². The number of rotatable bonds is 6. The van der Waals surface area contributed by atoms with Crippen LogP contribution in [0.3, 0.4) is 0 Å². The average molecular weight is 304 g/mol. The number of nitrogens with zero attached hydrogens (tertiary/aromatic N) is 5. The molecule has 0 unspecified atom stereocenters. The standard InChI is InChI=1S/C13H16N6O3/c1-14-5-6-17(2)13(20)10-3-4-11(12(7-10)19(21)22)18-9-15-8-16-18/h3-4,7-9,14H,5-6H2,1-2H3. The van der Waals surface area contributed by atoms with Gasteiger partial charge in [0.1, 0.15) is 18.3 Å². The van der Waals surface area contributed by atoms with Gasteiger partial charge in [-0.2, -0.15) is 5.10 Å². The maximum atomic E-state index is 12.3. The first-order chi connectivity index (χ1) is 10.5. The van der Waals surface area contributed by atoms with Gasteiger partial charge in [-0.1, -0.05) is 0 Å². The van der Waals surface area contributed by atoms with Gasteiger partial charge in [0, 0.05) is 31.8 Å². The molecule has 0 saturated carbocycles. The zero-order valence-electron chi connectivity index (χ0n) is 12.3. The smallest absolute Gasteiger partial charge is 0.295 e. The third kappa shape index (κ3) is 3.26. The van der Waals surface area contributed by atoms with Crippen molar-refractivity contribution in [3.8, 4) is 5.69 Å². The average Bonchev–Trinajstić information content (AvgIpc) is 3.05. The summed E-state index contributed by atoms with van der Waals surface area (Å²) in [4.78, 5) is 28.2. The highest BCUT2D eigenvalue weighted by molar-refractivity contribution is 5.95. The Kier molecular flexibility index (Phi) is 4.79.